The topological polar surface area (TPSA) is 81.0 Å². The van der Waals surface area contributed by atoms with Crippen molar-refractivity contribution >= 4 is 40.1 Å². The zero-order valence-corrected chi connectivity index (χ0v) is 21.3. The number of hydrogen-bond donors (Lipinski definition) is 1. The van der Waals surface area contributed by atoms with Crippen molar-refractivity contribution in [1.82, 2.24) is 4.57 Å². The molecule has 3 aromatic carbocycles. The number of hydrogen-bond acceptors (Lipinski definition) is 5. The van der Waals surface area contributed by atoms with Crippen LogP contribution in [-0.2, 0) is 11.2 Å². The fraction of sp³-hybridized carbons (Fsp3) is 0.214. The average Bonchev–Trinajstić information content (AvgIpc) is 3.14. The summed E-state index contributed by atoms with van der Waals surface area (Å²) in [5.41, 5.74) is 1.42. The summed E-state index contributed by atoms with van der Waals surface area (Å²) in [6.07, 6.45) is -0.761. The molecular weight excluding hydrogens is 518 g/mol. The van der Waals surface area contributed by atoms with Crippen molar-refractivity contribution in [2.45, 2.75) is 19.4 Å². The summed E-state index contributed by atoms with van der Waals surface area (Å²) >= 11 is 6.38. The Morgan fingerprint density at radius 2 is 1.92 bits per heavy atom. The second kappa shape index (κ2) is 9.98. The van der Waals surface area contributed by atoms with Crippen molar-refractivity contribution in [3.63, 3.8) is 0 Å². The molecule has 5 rings (SSSR count). The van der Waals surface area contributed by atoms with E-state index in [-0.39, 0.29) is 51.2 Å². The molecule has 7 nitrogen and oxygen atoms in total. The first kappa shape index (κ1) is 25.5. The monoisotopic (exact) mass is 540 g/mol. The van der Waals surface area contributed by atoms with E-state index in [1.165, 1.54) is 23.6 Å². The lowest BCUT2D eigenvalue weighted by Gasteiger charge is -2.33. The summed E-state index contributed by atoms with van der Waals surface area (Å²) in [6.45, 7) is 2.17. The van der Waals surface area contributed by atoms with Crippen LogP contribution >= 0.6 is 11.6 Å². The van der Waals surface area contributed by atoms with Crippen molar-refractivity contribution in [3.05, 3.63) is 88.1 Å². The molecule has 1 aliphatic rings. The number of aliphatic carboxylic acids is 1. The van der Waals surface area contributed by atoms with Crippen molar-refractivity contribution in [2.24, 2.45) is 0 Å². The number of rotatable bonds is 6. The Morgan fingerprint density at radius 1 is 1.16 bits per heavy atom. The fourth-order valence-corrected chi connectivity index (χ4v) is 5.00. The Morgan fingerprint density at radius 3 is 2.68 bits per heavy atom. The molecule has 38 heavy (non-hydrogen) atoms. The molecule has 0 radical (unpaired) electrons. The van der Waals surface area contributed by atoms with Crippen LogP contribution in [-0.4, -0.2) is 47.9 Å². The summed E-state index contributed by atoms with van der Waals surface area (Å²) in [4.78, 5) is 26.9. The van der Waals surface area contributed by atoms with E-state index in [0.29, 0.717) is 12.3 Å². The maximum atomic E-state index is 15.2. The molecule has 0 saturated heterocycles. The zero-order valence-electron chi connectivity index (χ0n) is 20.5. The fourth-order valence-electron chi connectivity index (χ4n) is 4.78. The molecule has 1 aromatic heterocycles. The van der Waals surface area contributed by atoms with E-state index < -0.39 is 29.9 Å². The number of ether oxygens (including phenoxy) is 2. The van der Waals surface area contributed by atoms with Gasteiger partial charge < -0.3 is 19.5 Å². The molecule has 10 heteroatoms. The molecule has 0 unspecified atom stereocenters. The Bertz CT molecular complexity index is 1590. The van der Waals surface area contributed by atoms with E-state index in [0.717, 1.165) is 23.9 Å². The van der Waals surface area contributed by atoms with E-state index >= 15 is 4.39 Å². The molecule has 4 aromatic rings. The van der Waals surface area contributed by atoms with E-state index in [1.54, 1.807) is 0 Å². The quantitative estimate of drug-likeness (QED) is 0.349. The molecule has 1 atom stereocenters. The molecule has 196 valence electrons. The van der Waals surface area contributed by atoms with Gasteiger partial charge >= 0.3 is 5.97 Å². The average molecular weight is 541 g/mol. The summed E-state index contributed by atoms with van der Waals surface area (Å²) in [5.74, 6) is -2.60. The predicted molar refractivity (Wildman–Crippen MR) is 139 cm³/mol. The first-order valence-electron chi connectivity index (χ1n) is 11.8. The van der Waals surface area contributed by atoms with Gasteiger partial charge in [-0.05, 0) is 48.9 Å². The Balaban J connectivity index is 1.41. The van der Waals surface area contributed by atoms with Crippen LogP contribution in [0.5, 0.6) is 11.5 Å². The minimum atomic E-state index is -1.14. The lowest BCUT2D eigenvalue weighted by molar-refractivity contribution is -0.136. The van der Waals surface area contributed by atoms with Gasteiger partial charge in [0.2, 0.25) is 0 Å². The Labute approximate surface area is 221 Å². The van der Waals surface area contributed by atoms with E-state index in [1.807, 2.05) is 36.2 Å². The molecule has 0 saturated carbocycles. The number of carboxylic acid groups (broad SMARTS) is 1. The summed E-state index contributed by atoms with van der Waals surface area (Å²) in [5, 5.41) is 9.60. The maximum absolute atomic E-state index is 15.2. The van der Waals surface area contributed by atoms with Crippen LogP contribution in [0.1, 0.15) is 21.6 Å². The molecular formula is C28H23ClF2N2O5. The van der Waals surface area contributed by atoms with Gasteiger partial charge in [0.05, 0.1) is 34.8 Å². The maximum Gasteiger partial charge on any atom is 0.307 e. The molecule has 0 amide bonds. The van der Waals surface area contributed by atoms with Crippen LogP contribution in [0.4, 0.5) is 14.5 Å². The van der Waals surface area contributed by atoms with Crippen molar-refractivity contribution in [2.75, 3.05) is 25.1 Å². The first-order chi connectivity index (χ1) is 18.1. The van der Waals surface area contributed by atoms with E-state index in [4.69, 9.17) is 21.1 Å². The highest BCUT2D eigenvalue weighted by atomic mass is 35.5. The highest BCUT2D eigenvalue weighted by Gasteiger charge is 2.26. The number of anilines is 1. The summed E-state index contributed by atoms with van der Waals surface area (Å²) < 4.78 is 42.1. The predicted octanol–water partition coefficient (Wildman–Crippen LogP) is 5.47. The number of halogens is 3. The van der Waals surface area contributed by atoms with Crippen LogP contribution in [0, 0.1) is 18.6 Å². The summed E-state index contributed by atoms with van der Waals surface area (Å²) in [6, 6.07) is 13.5. The van der Waals surface area contributed by atoms with Crippen LogP contribution in [0.15, 0.2) is 54.6 Å². The van der Waals surface area contributed by atoms with Gasteiger partial charge in [0.15, 0.2) is 0 Å². The normalized spacial score (nSPS) is 14.8. The lowest BCUT2D eigenvalue weighted by Crippen LogP contribution is -2.41. The Kier molecular flexibility index (Phi) is 6.71. The third kappa shape index (κ3) is 4.65. The van der Waals surface area contributed by atoms with Crippen molar-refractivity contribution in [1.29, 1.82) is 0 Å². The van der Waals surface area contributed by atoms with Gasteiger partial charge in [0, 0.05) is 24.2 Å². The number of benzene rings is 3. The third-order valence-corrected chi connectivity index (χ3v) is 6.85. The van der Waals surface area contributed by atoms with Crippen molar-refractivity contribution in [3.8, 4) is 11.5 Å². The second-order valence-electron chi connectivity index (χ2n) is 9.10. The summed E-state index contributed by atoms with van der Waals surface area (Å²) in [7, 11) is 1.94. The molecule has 2 heterocycles. The van der Waals surface area contributed by atoms with Gasteiger partial charge in [-0.15, -0.1) is 0 Å². The van der Waals surface area contributed by atoms with Crippen LogP contribution in [0.3, 0.4) is 0 Å². The smallest absolute Gasteiger partial charge is 0.307 e. The largest absolute Gasteiger partial charge is 0.488 e. The molecule has 1 N–H and O–H groups in total. The standard InChI is InChI=1S/C28H23ClF2N2O5/c1-15-18(11-27(34)35)19-9-16(30)7-8-23(19)33(15)28(36)20-10-21(29)26(12-22(20)31)37-14-17-13-32(2)24-5-3-4-6-25(24)38-17/h3-10,12,17H,11,13-14H2,1-2H3,(H,34,35)/t17-/m0/s1. The van der Waals surface area contributed by atoms with Crippen LogP contribution in [0.25, 0.3) is 10.9 Å². The number of para-hydroxylation sites is 2. The molecule has 0 fully saturated rings. The molecule has 0 bridgehead atoms. The van der Waals surface area contributed by atoms with Gasteiger partial charge in [0.25, 0.3) is 5.91 Å². The molecule has 1 aliphatic heterocycles. The highest BCUT2D eigenvalue weighted by molar-refractivity contribution is 6.32. The van der Waals surface area contributed by atoms with Gasteiger partial charge in [-0.25, -0.2) is 8.78 Å². The van der Waals surface area contributed by atoms with Crippen LogP contribution < -0.4 is 14.4 Å². The SMILES string of the molecule is Cc1c(CC(=O)O)c2cc(F)ccc2n1C(=O)c1cc(Cl)c(OC[C@@H]2CN(C)c3ccccc3O2)cc1F. The molecule has 0 aliphatic carbocycles. The van der Waals surface area contributed by atoms with Gasteiger partial charge in [-0.2, -0.15) is 0 Å². The number of carbonyl (C=O) groups is 2. The van der Waals surface area contributed by atoms with Crippen LogP contribution in [0.2, 0.25) is 5.02 Å². The number of aromatic nitrogens is 1. The first-order valence-corrected chi connectivity index (χ1v) is 12.2. The second-order valence-corrected chi connectivity index (χ2v) is 9.51. The lowest BCUT2D eigenvalue weighted by atomic mass is 10.1. The minimum Gasteiger partial charge on any atom is -0.488 e. The number of likely N-dealkylation sites (N-methyl/N-ethyl adjacent to an activating group) is 1. The number of carbonyl (C=O) groups excluding carboxylic acids is 1. The number of nitrogens with zero attached hydrogens (tertiary/aromatic N) is 2. The van der Waals surface area contributed by atoms with Crippen molar-refractivity contribution < 1.29 is 33.0 Å². The molecule has 0 spiro atoms. The third-order valence-electron chi connectivity index (χ3n) is 6.55. The number of carboxylic acids is 1. The minimum absolute atomic E-state index is 0.0187. The Hall–Kier alpha value is -4.11. The van der Waals surface area contributed by atoms with E-state index in [9.17, 15) is 19.1 Å². The van der Waals surface area contributed by atoms with Gasteiger partial charge in [0.1, 0.15) is 35.8 Å². The highest BCUT2D eigenvalue weighted by Crippen LogP contribution is 2.34. The number of fused-ring (bicyclic) bond motifs is 2. The van der Waals surface area contributed by atoms with Gasteiger partial charge in [-0.3, -0.25) is 14.2 Å². The van der Waals surface area contributed by atoms with Gasteiger partial charge in [-0.1, -0.05) is 23.7 Å². The van der Waals surface area contributed by atoms with E-state index in [2.05, 4.69) is 0 Å². The zero-order chi connectivity index (χ0) is 27.1.